The third kappa shape index (κ3) is 4.24. The van der Waals surface area contributed by atoms with E-state index in [1.165, 1.54) is 11.1 Å². The fraction of sp³-hybridized carbons (Fsp3) is 0.273. The molecule has 0 nitrogen and oxygen atoms in total. The van der Waals surface area contributed by atoms with E-state index in [1.54, 1.807) is 11.8 Å². The molecule has 0 N–H and O–H groups in total. The predicted octanol–water partition coefficient (Wildman–Crippen LogP) is 3.94. The summed E-state index contributed by atoms with van der Waals surface area (Å²) < 4.78 is 0. The molecule has 0 bridgehead atoms. The minimum absolute atomic E-state index is 1.20. The summed E-state index contributed by atoms with van der Waals surface area (Å²) in [6.07, 6.45) is 10.1. The molecule has 1 heteroatoms. The van der Waals surface area contributed by atoms with Crippen molar-refractivity contribution in [1.82, 2.24) is 0 Å². The molecule has 0 aromatic heterocycles. The van der Waals surface area contributed by atoms with Gasteiger partial charge in [-0.05, 0) is 36.7 Å². The molecule has 0 amide bonds. The van der Waals surface area contributed by atoms with E-state index < -0.39 is 0 Å². The Morgan fingerprint density at radius 3 is 2.50 bits per heavy atom. The zero-order valence-electron chi connectivity index (χ0n) is 8.00. The lowest BCUT2D eigenvalue weighted by Crippen LogP contribution is -1.78. The van der Waals surface area contributed by atoms with Crippen LogP contribution in [0, 0.1) is 0 Å². The molecule has 0 aromatic rings. The monoisotopic (exact) mass is 180 g/mol. The minimum atomic E-state index is 1.20. The number of hydrogen-bond donors (Lipinski definition) is 0. The van der Waals surface area contributed by atoms with Gasteiger partial charge in [0, 0.05) is 0 Å². The Morgan fingerprint density at radius 2 is 2.08 bits per heavy atom. The van der Waals surface area contributed by atoms with E-state index in [9.17, 15) is 0 Å². The van der Waals surface area contributed by atoms with E-state index in [-0.39, 0.29) is 0 Å². The van der Waals surface area contributed by atoms with Crippen molar-refractivity contribution in [2.24, 2.45) is 0 Å². The first-order valence-electron chi connectivity index (χ1n) is 3.91. The van der Waals surface area contributed by atoms with Crippen LogP contribution in [0.2, 0.25) is 0 Å². The average Bonchev–Trinajstić information content (AvgIpc) is 2.10. The second-order valence-corrected chi connectivity index (χ2v) is 3.10. The fourth-order valence-corrected chi connectivity index (χ4v) is 1.30. The van der Waals surface area contributed by atoms with Gasteiger partial charge >= 0.3 is 0 Å². The SMILES string of the molecule is C=CC(=C\SC)/C(C)=C/C=C\C. The smallest absolute Gasteiger partial charge is 0.0142 e. The maximum absolute atomic E-state index is 3.76. The fourth-order valence-electron chi connectivity index (χ4n) is 0.766. The second-order valence-electron chi connectivity index (χ2n) is 2.39. The van der Waals surface area contributed by atoms with Gasteiger partial charge in [0.05, 0.1) is 0 Å². The van der Waals surface area contributed by atoms with Gasteiger partial charge in [0.1, 0.15) is 0 Å². The van der Waals surface area contributed by atoms with Gasteiger partial charge < -0.3 is 0 Å². The summed E-state index contributed by atoms with van der Waals surface area (Å²) in [4.78, 5) is 0. The Balaban J connectivity index is 4.51. The maximum atomic E-state index is 3.76. The minimum Gasteiger partial charge on any atom is -0.137 e. The molecule has 0 fully saturated rings. The molecule has 0 aromatic carbocycles. The molecule has 0 radical (unpaired) electrons. The van der Waals surface area contributed by atoms with Crippen molar-refractivity contribution >= 4 is 11.8 Å². The van der Waals surface area contributed by atoms with Crippen LogP contribution in [0.1, 0.15) is 13.8 Å². The zero-order valence-corrected chi connectivity index (χ0v) is 8.82. The van der Waals surface area contributed by atoms with Gasteiger partial charge in [-0.1, -0.05) is 30.9 Å². The summed E-state index contributed by atoms with van der Waals surface area (Å²) in [5, 5.41) is 2.10. The maximum Gasteiger partial charge on any atom is -0.0142 e. The summed E-state index contributed by atoms with van der Waals surface area (Å²) >= 11 is 1.70. The molecule has 0 aliphatic rings. The quantitative estimate of drug-likeness (QED) is 0.590. The van der Waals surface area contributed by atoms with Gasteiger partial charge in [0.15, 0.2) is 0 Å². The van der Waals surface area contributed by atoms with Crippen LogP contribution >= 0.6 is 11.8 Å². The van der Waals surface area contributed by atoms with Crippen molar-refractivity contribution in [3.63, 3.8) is 0 Å². The van der Waals surface area contributed by atoms with Crippen LogP contribution < -0.4 is 0 Å². The van der Waals surface area contributed by atoms with Gasteiger partial charge in [-0.25, -0.2) is 0 Å². The van der Waals surface area contributed by atoms with E-state index in [1.807, 2.05) is 31.4 Å². The highest BCUT2D eigenvalue weighted by Gasteiger charge is 1.91. The third-order valence-corrected chi connectivity index (χ3v) is 1.95. The van der Waals surface area contributed by atoms with Crippen molar-refractivity contribution in [3.8, 4) is 0 Å². The largest absolute Gasteiger partial charge is 0.137 e. The molecule has 66 valence electrons. The topological polar surface area (TPSA) is 0 Å². The number of rotatable bonds is 4. The first kappa shape index (κ1) is 11.3. The molecule has 0 unspecified atom stereocenters. The third-order valence-electron chi connectivity index (χ3n) is 1.46. The Hall–Kier alpha value is -0.690. The number of allylic oxidation sites excluding steroid dienone is 6. The van der Waals surface area contributed by atoms with E-state index in [4.69, 9.17) is 0 Å². The van der Waals surface area contributed by atoms with Crippen molar-refractivity contribution in [2.45, 2.75) is 13.8 Å². The lowest BCUT2D eigenvalue weighted by atomic mass is 10.1. The number of hydrogen-bond acceptors (Lipinski definition) is 1. The van der Waals surface area contributed by atoms with Gasteiger partial charge in [0.25, 0.3) is 0 Å². The number of thioether (sulfide) groups is 1. The lowest BCUT2D eigenvalue weighted by Gasteiger charge is -1.99. The summed E-state index contributed by atoms with van der Waals surface area (Å²) in [5.74, 6) is 0. The van der Waals surface area contributed by atoms with Crippen LogP contribution in [0.4, 0.5) is 0 Å². The van der Waals surface area contributed by atoms with Crippen LogP contribution in [0.25, 0.3) is 0 Å². The summed E-state index contributed by atoms with van der Waals surface area (Å²) in [5.41, 5.74) is 2.44. The predicted molar refractivity (Wildman–Crippen MR) is 60.4 cm³/mol. The van der Waals surface area contributed by atoms with E-state index in [0.717, 1.165) is 0 Å². The van der Waals surface area contributed by atoms with E-state index >= 15 is 0 Å². The highest BCUT2D eigenvalue weighted by molar-refractivity contribution is 8.01. The molecule has 0 spiro atoms. The van der Waals surface area contributed by atoms with E-state index in [0.29, 0.717) is 0 Å². The molecule has 0 atom stereocenters. The molecule has 0 saturated heterocycles. The van der Waals surface area contributed by atoms with Crippen LogP contribution in [0.15, 0.2) is 47.4 Å². The van der Waals surface area contributed by atoms with Crippen molar-refractivity contribution in [3.05, 3.63) is 47.4 Å². The lowest BCUT2D eigenvalue weighted by molar-refractivity contribution is 1.44. The Labute approximate surface area is 79.8 Å². The van der Waals surface area contributed by atoms with Crippen LogP contribution in [-0.2, 0) is 0 Å². The van der Waals surface area contributed by atoms with Crippen LogP contribution in [0.5, 0.6) is 0 Å². The van der Waals surface area contributed by atoms with Crippen LogP contribution in [0.3, 0.4) is 0 Å². The molecular formula is C11H16S. The first-order valence-corrected chi connectivity index (χ1v) is 5.20. The molecule has 0 aliphatic heterocycles. The van der Waals surface area contributed by atoms with Crippen molar-refractivity contribution < 1.29 is 0 Å². The first-order chi connectivity index (χ1) is 5.76. The van der Waals surface area contributed by atoms with Gasteiger partial charge in [-0.15, -0.1) is 11.8 Å². The molecule has 0 rings (SSSR count). The zero-order chi connectivity index (χ0) is 9.40. The second kappa shape index (κ2) is 6.99. The normalized spacial score (nSPS) is 13.9. The molecule has 12 heavy (non-hydrogen) atoms. The Morgan fingerprint density at radius 1 is 1.42 bits per heavy atom. The molecular weight excluding hydrogens is 164 g/mol. The Bertz CT molecular complexity index is 219. The summed E-state index contributed by atoms with van der Waals surface area (Å²) in [7, 11) is 0. The Kier molecular flexibility index (Phi) is 6.58. The van der Waals surface area contributed by atoms with Gasteiger partial charge in [-0.2, -0.15) is 0 Å². The van der Waals surface area contributed by atoms with Crippen molar-refractivity contribution in [1.29, 1.82) is 0 Å². The standard InChI is InChI=1S/C11H16S/c1-5-7-8-10(3)11(6-2)9-12-4/h5-9H,2H2,1,3-4H3/b7-5-,10-8+,11-9+. The average molecular weight is 180 g/mol. The molecule has 0 aliphatic carbocycles. The molecule has 0 saturated carbocycles. The van der Waals surface area contributed by atoms with Gasteiger partial charge in [-0.3, -0.25) is 0 Å². The van der Waals surface area contributed by atoms with E-state index in [2.05, 4.69) is 25.0 Å². The summed E-state index contributed by atoms with van der Waals surface area (Å²) in [6, 6.07) is 0. The highest BCUT2D eigenvalue weighted by Crippen LogP contribution is 2.14. The summed E-state index contributed by atoms with van der Waals surface area (Å²) in [6.45, 7) is 7.86. The van der Waals surface area contributed by atoms with Crippen LogP contribution in [-0.4, -0.2) is 6.26 Å². The molecule has 0 heterocycles. The van der Waals surface area contributed by atoms with Crippen molar-refractivity contribution in [2.75, 3.05) is 6.26 Å². The highest BCUT2D eigenvalue weighted by atomic mass is 32.2. The van der Waals surface area contributed by atoms with Gasteiger partial charge in [0.2, 0.25) is 0 Å².